The Morgan fingerprint density at radius 3 is 2.83 bits per heavy atom. The molecule has 5 nitrogen and oxygen atoms in total. The number of hydrogen-bond donors (Lipinski definition) is 1. The summed E-state index contributed by atoms with van der Waals surface area (Å²) in [5.74, 6) is 1.56. The average molecular weight is 330 g/mol. The van der Waals surface area contributed by atoms with Crippen molar-refractivity contribution in [2.24, 2.45) is 5.92 Å². The van der Waals surface area contributed by atoms with E-state index in [1.54, 1.807) is 0 Å². The maximum absolute atomic E-state index is 12.2. The Bertz CT molecular complexity index is 639. The number of piperidine rings is 2. The molecule has 4 heterocycles. The van der Waals surface area contributed by atoms with Gasteiger partial charge in [0.15, 0.2) is 0 Å². The van der Waals surface area contributed by atoms with E-state index >= 15 is 0 Å². The second-order valence-electron chi connectivity index (χ2n) is 7.88. The maximum atomic E-state index is 12.2. The smallest absolute Gasteiger partial charge is 0.254 e. The van der Waals surface area contributed by atoms with Crippen LogP contribution in [0.1, 0.15) is 49.2 Å². The molecule has 0 spiro atoms. The number of H-pyrrole nitrogens is 1. The van der Waals surface area contributed by atoms with Crippen molar-refractivity contribution in [2.75, 3.05) is 32.7 Å². The predicted octanol–water partition coefficient (Wildman–Crippen LogP) is 1.74. The minimum absolute atomic E-state index is 0.0791. The average Bonchev–Trinajstić information content (AvgIpc) is 2.78. The molecule has 4 rings (SSSR count). The van der Waals surface area contributed by atoms with Crippen LogP contribution in [0.5, 0.6) is 0 Å². The number of fused-ring (bicyclic) bond motifs is 2. The molecule has 3 aliphatic heterocycles. The normalized spacial score (nSPS) is 28.9. The van der Waals surface area contributed by atoms with Gasteiger partial charge >= 0.3 is 0 Å². The number of aromatic amines is 1. The Balaban J connectivity index is 1.43. The number of nitrogens with one attached hydrogen (secondary N) is 1. The van der Waals surface area contributed by atoms with E-state index < -0.39 is 0 Å². The summed E-state index contributed by atoms with van der Waals surface area (Å²) in [4.78, 5) is 25.0. The monoisotopic (exact) mass is 330 g/mol. The summed E-state index contributed by atoms with van der Waals surface area (Å²) in [7, 11) is 0. The van der Waals surface area contributed by atoms with Crippen molar-refractivity contribution in [3.63, 3.8) is 0 Å². The summed E-state index contributed by atoms with van der Waals surface area (Å²) in [6.07, 6.45) is 8.68. The molecule has 132 valence electrons. The highest BCUT2D eigenvalue weighted by molar-refractivity contribution is 5.20. The lowest BCUT2D eigenvalue weighted by Gasteiger charge is -2.45. The highest BCUT2D eigenvalue weighted by Gasteiger charge is 2.34. The molecule has 1 aromatic rings. The van der Waals surface area contributed by atoms with E-state index in [0.717, 1.165) is 55.0 Å². The molecule has 1 N–H and O–H groups in total. The summed E-state index contributed by atoms with van der Waals surface area (Å²) < 4.78 is 0. The third-order valence-electron chi connectivity index (χ3n) is 6.28. The number of hydrogen-bond acceptors (Lipinski definition) is 4. The van der Waals surface area contributed by atoms with E-state index in [1.807, 2.05) is 6.92 Å². The number of aryl methyl sites for hydroxylation is 1. The van der Waals surface area contributed by atoms with E-state index in [9.17, 15) is 4.79 Å². The lowest BCUT2D eigenvalue weighted by molar-refractivity contribution is 0.0411. The zero-order valence-electron chi connectivity index (χ0n) is 14.9. The largest absolute Gasteiger partial charge is 0.311 e. The van der Waals surface area contributed by atoms with Crippen LogP contribution in [0, 0.1) is 12.8 Å². The Morgan fingerprint density at radius 2 is 1.92 bits per heavy atom. The zero-order valence-corrected chi connectivity index (χ0v) is 14.9. The van der Waals surface area contributed by atoms with Gasteiger partial charge in [-0.15, -0.1) is 0 Å². The highest BCUT2D eigenvalue weighted by Crippen LogP contribution is 2.31. The SMILES string of the molecule is Cc1nc2c(c(=O)[nH]1)CCN(C[C@@H]1CCCN3CCCC[C@H]13)CC2. The van der Waals surface area contributed by atoms with Gasteiger partial charge in [-0.25, -0.2) is 4.98 Å². The van der Waals surface area contributed by atoms with Gasteiger partial charge in [-0.05, 0) is 58.0 Å². The molecular weight excluding hydrogens is 300 g/mol. The standard InChI is InChI=1S/C19H30N4O/c1-14-20-17-8-12-22(11-7-16(17)19(24)21-14)13-15-5-4-10-23-9-3-2-6-18(15)23/h15,18H,2-13H2,1H3,(H,20,21,24)/t15-,18+/m0/s1. The minimum atomic E-state index is 0.0791. The molecule has 0 aliphatic carbocycles. The van der Waals surface area contributed by atoms with Crippen LogP contribution in [-0.4, -0.2) is 58.5 Å². The van der Waals surface area contributed by atoms with Gasteiger partial charge in [0.25, 0.3) is 5.56 Å². The molecule has 0 radical (unpaired) electrons. The van der Waals surface area contributed by atoms with Gasteiger partial charge in [0.1, 0.15) is 5.82 Å². The van der Waals surface area contributed by atoms with E-state index in [1.165, 1.54) is 51.7 Å². The molecule has 0 saturated carbocycles. The Kier molecular flexibility index (Phi) is 4.72. The van der Waals surface area contributed by atoms with Crippen LogP contribution in [0.3, 0.4) is 0 Å². The molecule has 2 saturated heterocycles. The Labute approximate surface area is 144 Å². The number of nitrogens with zero attached hydrogens (tertiary/aromatic N) is 3. The minimum Gasteiger partial charge on any atom is -0.311 e. The van der Waals surface area contributed by atoms with Crippen molar-refractivity contribution in [2.45, 2.75) is 57.9 Å². The summed E-state index contributed by atoms with van der Waals surface area (Å²) in [5, 5.41) is 0. The third kappa shape index (κ3) is 3.29. The van der Waals surface area contributed by atoms with Gasteiger partial charge in [0.2, 0.25) is 0 Å². The first kappa shape index (κ1) is 16.3. The second-order valence-corrected chi connectivity index (χ2v) is 7.88. The van der Waals surface area contributed by atoms with Crippen LogP contribution < -0.4 is 5.56 Å². The van der Waals surface area contributed by atoms with Crippen LogP contribution in [0.25, 0.3) is 0 Å². The molecular formula is C19H30N4O. The summed E-state index contributed by atoms with van der Waals surface area (Å²) in [5.41, 5.74) is 2.03. The van der Waals surface area contributed by atoms with Gasteiger partial charge < -0.3 is 14.8 Å². The fourth-order valence-electron chi connectivity index (χ4n) is 5.08. The van der Waals surface area contributed by atoms with Crippen LogP contribution in [0.2, 0.25) is 0 Å². The van der Waals surface area contributed by atoms with Crippen molar-refractivity contribution in [1.29, 1.82) is 0 Å². The van der Waals surface area contributed by atoms with Crippen molar-refractivity contribution < 1.29 is 0 Å². The summed E-state index contributed by atoms with van der Waals surface area (Å²) in [6.45, 7) is 7.75. The molecule has 0 bridgehead atoms. The summed E-state index contributed by atoms with van der Waals surface area (Å²) in [6, 6.07) is 0.807. The van der Waals surface area contributed by atoms with Crippen LogP contribution in [0.4, 0.5) is 0 Å². The quantitative estimate of drug-likeness (QED) is 0.897. The van der Waals surface area contributed by atoms with Crippen LogP contribution in [0.15, 0.2) is 4.79 Å². The van der Waals surface area contributed by atoms with Gasteiger partial charge in [0, 0.05) is 37.7 Å². The zero-order chi connectivity index (χ0) is 16.5. The van der Waals surface area contributed by atoms with E-state index in [2.05, 4.69) is 19.8 Å². The molecule has 0 aromatic carbocycles. The first-order chi connectivity index (χ1) is 11.7. The van der Waals surface area contributed by atoms with Crippen LogP contribution >= 0.6 is 0 Å². The molecule has 0 amide bonds. The van der Waals surface area contributed by atoms with Gasteiger partial charge in [-0.2, -0.15) is 0 Å². The Morgan fingerprint density at radius 1 is 1.08 bits per heavy atom. The van der Waals surface area contributed by atoms with Gasteiger partial charge in [0.05, 0.1) is 5.69 Å². The second kappa shape index (κ2) is 6.96. The van der Waals surface area contributed by atoms with Crippen molar-refractivity contribution >= 4 is 0 Å². The van der Waals surface area contributed by atoms with Crippen LogP contribution in [-0.2, 0) is 12.8 Å². The lowest BCUT2D eigenvalue weighted by atomic mass is 9.83. The molecule has 1 aromatic heterocycles. The van der Waals surface area contributed by atoms with Gasteiger partial charge in [-0.3, -0.25) is 4.79 Å². The van der Waals surface area contributed by atoms with Crippen molar-refractivity contribution in [3.05, 3.63) is 27.4 Å². The molecule has 0 unspecified atom stereocenters. The van der Waals surface area contributed by atoms with E-state index in [0.29, 0.717) is 0 Å². The highest BCUT2D eigenvalue weighted by atomic mass is 16.1. The fourth-order valence-corrected chi connectivity index (χ4v) is 5.08. The first-order valence-corrected chi connectivity index (χ1v) is 9.76. The van der Waals surface area contributed by atoms with Crippen molar-refractivity contribution in [1.82, 2.24) is 19.8 Å². The fraction of sp³-hybridized carbons (Fsp3) is 0.789. The molecule has 24 heavy (non-hydrogen) atoms. The maximum Gasteiger partial charge on any atom is 0.254 e. The topological polar surface area (TPSA) is 52.2 Å². The molecule has 3 aliphatic rings. The van der Waals surface area contributed by atoms with Crippen molar-refractivity contribution in [3.8, 4) is 0 Å². The number of rotatable bonds is 2. The van der Waals surface area contributed by atoms with E-state index in [4.69, 9.17) is 0 Å². The lowest BCUT2D eigenvalue weighted by Crippen LogP contribution is -2.51. The molecule has 5 heteroatoms. The molecule has 2 fully saturated rings. The predicted molar refractivity (Wildman–Crippen MR) is 95.4 cm³/mol. The third-order valence-corrected chi connectivity index (χ3v) is 6.28. The molecule has 2 atom stereocenters. The van der Waals surface area contributed by atoms with Gasteiger partial charge in [-0.1, -0.05) is 6.42 Å². The Hall–Kier alpha value is -1.20. The van der Waals surface area contributed by atoms with E-state index in [-0.39, 0.29) is 5.56 Å². The first-order valence-electron chi connectivity index (χ1n) is 9.76. The summed E-state index contributed by atoms with van der Waals surface area (Å²) >= 11 is 0. The number of aromatic nitrogens is 2.